The van der Waals surface area contributed by atoms with Crippen molar-refractivity contribution in [2.45, 2.75) is 26.2 Å². The summed E-state index contributed by atoms with van der Waals surface area (Å²) in [5, 5.41) is 17.7. The normalized spacial score (nSPS) is 11.4. The van der Waals surface area contributed by atoms with Crippen LogP contribution in [0.25, 0.3) is 0 Å². The number of para-hydroxylation sites is 1. The first-order valence-corrected chi connectivity index (χ1v) is 6.11. The largest absolute Gasteiger partial charge is 0.487 e. The zero-order chi connectivity index (χ0) is 13.6. The van der Waals surface area contributed by atoms with Crippen molar-refractivity contribution < 1.29 is 19.7 Å². The third-order valence-electron chi connectivity index (χ3n) is 2.47. The molecule has 0 radical (unpaired) electrons. The molecule has 1 aromatic rings. The molecule has 0 aliphatic rings. The zero-order valence-corrected chi connectivity index (χ0v) is 11.3. The van der Waals surface area contributed by atoms with Crippen LogP contribution >= 0.6 is 0 Å². The highest BCUT2D eigenvalue weighted by atomic mass is 16.5. The first kappa shape index (κ1) is 14.8. The first-order chi connectivity index (χ1) is 8.50. The topological polar surface area (TPSA) is 58.9 Å². The molecule has 0 heterocycles. The van der Waals surface area contributed by atoms with Gasteiger partial charge in [0.2, 0.25) is 0 Å². The quantitative estimate of drug-likeness (QED) is 0.811. The van der Waals surface area contributed by atoms with Gasteiger partial charge < -0.3 is 19.7 Å². The smallest absolute Gasteiger partial charge is 0.165 e. The van der Waals surface area contributed by atoms with Crippen molar-refractivity contribution in [2.75, 3.05) is 26.4 Å². The van der Waals surface area contributed by atoms with E-state index in [0.717, 1.165) is 5.56 Å². The zero-order valence-electron chi connectivity index (χ0n) is 11.3. The highest BCUT2D eigenvalue weighted by Gasteiger charge is 2.22. The van der Waals surface area contributed by atoms with E-state index in [4.69, 9.17) is 19.7 Å². The lowest BCUT2D eigenvalue weighted by Crippen LogP contribution is -2.16. The van der Waals surface area contributed by atoms with Crippen molar-refractivity contribution in [3.8, 4) is 11.5 Å². The van der Waals surface area contributed by atoms with Gasteiger partial charge in [-0.25, -0.2) is 0 Å². The van der Waals surface area contributed by atoms with E-state index in [-0.39, 0.29) is 31.8 Å². The maximum atomic E-state index is 8.88. The number of ether oxygens (including phenoxy) is 2. The fraction of sp³-hybridized carbons (Fsp3) is 0.571. The summed E-state index contributed by atoms with van der Waals surface area (Å²) >= 11 is 0. The minimum Gasteiger partial charge on any atom is -0.487 e. The minimum absolute atomic E-state index is 0.0425. The predicted molar refractivity (Wildman–Crippen MR) is 70.3 cm³/mol. The van der Waals surface area contributed by atoms with E-state index in [1.165, 1.54) is 0 Å². The van der Waals surface area contributed by atoms with Gasteiger partial charge in [-0.2, -0.15) is 0 Å². The van der Waals surface area contributed by atoms with Gasteiger partial charge in [0.15, 0.2) is 11.5 Å². The molecule has 0 amide bonds. The van der Waals surface area contributed by atoms with Crippen LogP contribution in [0.2, 0.25) is 0 Å². The summed E-state index contributed by atoms with van der Waals surface area (Å²) in [7, 11) is 0. The van der Waals surface area contributed by atoms with E-state index in [9.17, 15) is 0 Å². The van der Waals surface area contributed by atoms with Gasteiger partial charge in [-0.1, -0.05) is 32.9 Å². The summed E-state index contributed by atoms with van der Waals surface area (Å²) in [6, 6.07) is 5.69. The van der Waals surface area contributed by atoms with Crippen molar-refractivity contribution in [1.82, 2.24) is 0 Å². The fourth-order valence-corrected chi connectivity index (χ4v) is 1.67. The van der Waals surface area contributed by atoms with Crippen molar-refractivity contribution in [2.24, 2.45) is 0 Å². The van der Waals surface area contributed by atoms with Crippen LogP contribution < -0.4 is 9.47 Å². The Morgan fingerprint density at radius 1 is 1.00 bits per heavy atom. The van der Waals surface area contributed by atoms with E-state index in [0.29, 0.717) is 11.5 Å². The van der Waals surface area contributed by atoms with Gasteiger partial charge in [-0.05, 0) is 11.5 Å². The van der Waals surface area contributed by atoms with Crippen LogP contribution in [0.4, 0.5) is 0 Å². The summed E-state index contributed by atoms with van der Waals surface area (Å²) < 4.78 is 11.0. The molecule has 0 aliphatic heterocycles. The Morgan fingerprint density at radius 2 is 1.61 bits per heavy atom. The molecule has 0 unspecified atom stereocenters. The number of hydrogen-bond donors (Lipinski definition) is 2. The second-order valence-electron chi connectivity index (χ2n) is 5.03. The lowest BCUT2D eigenvalue weighted by molar-refractivity contribution is 0.176. The van der Waals surface area contributed by atoms with E-state index < -0.39 is 0 Å². The standard InChI is InChI=1S/C14H22O4/c1-14(2,3)11-5-4-6-12(17-9-7-15)13(11)18-10-8-16/h4-6,15-16H,7-10H2,1-3H3. The van der Waals surface area contributed by atoms with Crippen LogP contribution in [-0.4, -0.2) is 36.6 Å². The molecule has 0 spiro atoms. The van der Waals surface area contributed by atoms with Gasteiger partial charge in [-0.3, -0.25) is 0 Å². The SMILES string of the molecule is CC(C)(C)c1cccc(OCCO)c1OCCO. The van der Waals surface area contributed by atoms with Gasteiger partial charge in [-0.15, -0.1) is 0 Å². The Balaban J connectivity index is 3.08. The third kappa shape index (κ3) is 3.89. The van der Waals surface area contributed by atoms with Gasteiger partial charge >= 0.3 is 0 Å². The van der Waals surface area contributed by atoms with Crippen LogP contribution in [0.1, 0.15) is 26.3 Å². The highest BCUT2D eigenvalue weighted by Crippen LogP contribution is 2.38. The van der Waals surface area contributed by atoms with Gasteiger partial charge in [0.25, 0.3) is 0 Å². The first-order valence-electron chi connectivity index (χ1n) is 6.11. The van der Waals surface area contributed by atoms with Gasteiger partial charge in [0, 0.05) is 5.56 Å². The van der Waals surface area contributed by atoms with Crippen LogP contribution in [0.3, 0.4) is 0 Å². The maximum absolute atomic E-state index is 8.88. The second kappa shape index (κ2) is 6.61. The second-order valence-corrected chi connectivity index (χ2v) is 5.03. The molecule has 0 atom stereocenters. The van der Waals surface area contributed by atoms with Crippen molar-refractivity contribution in [1.29, 1.82) is 0 Å². The molecule has 2 N–H and O–H groups in total. The lowest BCUT2D eigenvalue weighted by Gasteiger charge is -2.24. The molecule has 0 aromatic heterocycles. The van der Waals surface area contributed by atoms with Crippen molar-refractivity contribution in [3.05, 3.63) is 23.8 Å². The number of aliphatic hydroxyl groups is 2. The third-order valence-corrected chi connectivity index (χ3v) is 2.47. The number of rotatable bonds is 6. The monoisotopic (exact) mass is 254 g/mol. The molecule has 18 heavy (non-hydrogen) atoms. The summed E-state index contributed by atoms with van der Waals surface area (Å²) in [5.74, 6) is 1.25. The average molecular weight is 254 g/mol. The number of aliphatic hydroxyl groups excluding tert-OH is 2. The average Bonchev–Trinajstić information content (AvgIpc) is 2.32. The summed E-state index contributed by atoms with van der Waals surface area (Å²) in [5.41, 5.74) is 0.940. The molecule has 4 heteroatoms. The Labute approximate surface area is 108 Å². The van der Waals surface area contributed by atoms with E-state index in [1.54, 1.807) is 6.07 Å². The van der Waals surface area contributed by atoms with Crippen LogP contribution in [0.15, 0.2) is 18.2 Å². The maximum Gasteiger partial charge on any atom is 0.165 e. The molecule has 4 nitrogen and oxygen atoms in total. The molecular formula is C14H22O4. The molecule has 0 aliphatic carbocycles. The van der Waals surface area contributed by atoms with Gasteiger partial charge in [0.1, 0.15) is 13.2 Å². The molecule has 0 saturated carbocycles. The Bertz CT molecular complexity index is 369. The van der Waals surface area contributed by atoms with E-state index in [1.807, 2.05) is 12.1 Å². The van der Waals surface area contributed by atoms with Crippen molar-refractivity contribution in [3.63, 3.8) is 0 Å². The van der Waals surface area contributed by atoms with E-state index >= 15 is 0 Å². The fourth-order valence-electron chi connectivity index (χ4n) is 1.67. The van der Waals surface area contributed by atoms with Crippen LogP contribution in [0.5, 0.6) is 11.5 Å². The molecule has 102 valence electrons. The molecule has 1 aromatic carbocycles. The Kier molecular flexibility index (Phi) is 5.44. The number of hydrogen-bond acceptors (Lipinski definition) is 4. The Hall–Kier alpha value is -1.26. The predicted octanol–water partition coefficient (Wildman–Crippen LogP) is 1.73. The summed E-state index contributed by atoms with van der Waals surface area (Å²) in [4.78, 5) is 0. The van der Waals surface area contributed by atoms with E-state index in [2.05, 4.69) is 20.8 Å². The van der Waals surface area contributed by atoms with Crippen LogP contribution in [-0.2, 0) is 5.41 Å². The number of benzene rings is 1. The molecule has 0 bridgehead atoms. The molecular weight excluding hydrogens is 232 g/mol. The molecule has 0 fully saturated rings. The summed E-state index contributed by atoms with van der Waals surface area (Å²) in [6.45, 7) is 6.63. The van der Waals surface area contributed by atoms with Crippen LogP contribution in [0, 0.1) is 0 Å². The van der Waals surface area contributed by atoms with Crippen molar-refractivity contribution >= 4 is 0 Å². The Morgan fingerprint density at radius 3 is 2.17 bits per heavy atom. The summed E-state index contributed by atoms with van der Waals surface area (Å²) in [6.07, 6.45) is 0. The lowest BCUT2D eigenvalue weighted by atomic mass is 9.86. The molecule has 1 rings (SSSR count). The highest BCUT2D eigenvalue weighted by molar-refractivity contribution is 5.49. The molecule has 0 saturated heterocycles. The minimum atomic E-state index is -0.0800. The van der Waals surface area contributed by atoms with Gasteiger partial charge in [0.05, 0.1) is 13.2 Å².